The van der Waals surface area contributed by atoms with Crippen LogP contribution < -0.4 is 5.32 Å². The molecule has 0 radical (unpaired) electrons. The van der Waals surface area contributed by atoms with Crippen LogP contribution in [-0.4, -0.2) is 25.9 Å². The van der Waals surface area contributed by atoms with Crippen molar-refractivity contribution in [3.8, 4) is 40.4 Å². The number of benzene rings is 3. The standard InChI is InChI=1S/C30H22F3N5O2/c1-3-28(39)34-24-12-15-26(16-13-24)38-27(18-25(37-38)14-17-29-36-35-19(2)40-29)22-6-4-20(5-7-22)21-8-10-23(11-9-21)30(31,32)33/h1,4-13,15-16,18H,14,17H2,2H3,(H,34,39). The van der Waals surface area contributed by atoms with Gasteiger partial charge in [-0.05, 0) is 59.5 Å². The van der Waals surface area contributed by atoms with Gasteiger partial charge in [0, 0.05) is 31.0 Å². The topological polar surface area (TPSA) is 85.8 Å². The van der Waals surface area contributed by atoms with E-state index >= 15 is 0 Å². The van der Waals surface area contributed by atoms with Crippen molar-refractivity contribution in [1.29, 1.82) is 0 Å². The first-order valence-corrected chi connectivity index (χ1v) is 12.2. The number of aromatic nitrogens is 4. The summed E-state index contributed by atoms with van der Waals surface area (Å²) in [6.07, 6.45) is 1.82. The molecule has 0 saturated heterocycles. The first kappa shape index (κ1) is 26.4. The third kappa shape index (κ3) is 5.94. The number of amides is 1. The quantitative estimate of drug-likeness (QED) is 0.245. The molecule has 0 atom stereocenters. The third-order valence-corrected chi connectivity index (χ3v) is 6.15. The molecule has 0 unspecified atom stereocenters. The van der Waals surface area contributed by atoms with Crippen molar-refractivity contribution in [3.05, 3.63) is 102 Å². The average Bonchev–Trinajstić information content (AvgIpc) is 3.58. The van der Waals surface area contributed by atoms with Crippen LogP contribution in [0.1, 0.15) is 23.0 Å². The van der Waals surface area contributed by atoms with Crippen LogP contribution in [0.25, 0.3) is 28.1 Å². The van der Waals surface area contributed by atoms with E-state index in [0.29, 0.717) is 35.9 Å². The van der Waals surface area contributed by atoms with Gasteiger partial charge in [0.25, 0.3) is 5.91 Å². The van der Waals surface area contributed by atoms with E-state index < -0.39 is 17.6 Å². The van der Waals surface area contributed by atoms with Crippen molar-refractivity contribution >= 4 is 11.6 Å². The molecule has 3 aromatic carbocycles. The molecule has 200 valence electrons. The van der Waals surface area contributed by atoms with Crippen molar-refractivity contribution in [2.75, 3.05) is 5.32 Å². The Morgan fingerprint density at radius 3 is 2.12 bits per heavy atom. The zero-order chi connectivity index (χ0) is 28.3. The minimum absolute atomic E-state index is 0.492. The number of carbonyl (C=O) groups is 1. The predicted molar refractivity (Wildman–Crippen MR) is 143 cm³/mol. The highest BCUT2D eigenvalue weighted by molar-refractivity contribution is 6.03. The van der Waals surface area contributed by atoms with E-state index in [0.717, 1.165) is 40.3 Å². The summed E-state index contributed by atoms with van der Waals surface area (Å²) in [7, 11) is 0. The molecule has 0 saturated carbocycles. The highest BCUT2D eigenvalue weighted by atomic mass is 19.4. The zero-order valence-corrected chi connectivity index (χ0v) is 21.2. The minimum atomic E-state index is -4.38. The molecule has 10 heteroatoms. The van der Waals surface area contributed by atoms with Crippen molar-refractivity contribution in [2.24, 2.45) is 0 Å². The number of terminal acetylenes is 1. The molecule has 5 aromatic rings. The number of halogens is 3. The SMILES string of the molecule is C#CC(=O)Nc1ccc(-n2nc(CCc3nnc(C)o3)cc2-c2ccc(-c3ccc(C(F)(F)F)cc3)cc2)cc1. The molecule has 5 rings (SSSR count). The number of hydrogen-bond acceptors (Lipinski definition) is 5. The summed E-state index contributed by atoms with van der Waals surface area (Å²) in [4.78, 5) is 11.5. The van der Waals surface area contributed by atoms with Crippen LogP contribution >= 0.6 is 0 Å². The lowest BCUT2D eigenvalue weighted by atomic mass is 10.0. The van der Waals surface area contributed by atoms with Gasteiger partial charge in [-0.2, -0.15) is 18.3 Å². The lowest BCUT2D eigenvalue weighted by molar-refractivity contribution is -0.137. The lowest BCUT2D eigenvalue weighted by Crippen LogP contribution is -2.08. The fourth-order valence-corrected chi connectivity index (χ4v) is 4.17. The molecular formula is C30H22F3N5O2. The highest BCUT2D eigenvalue weighted by Crippen LogP contribution is 2.32. The first-order chi connectivity index (χ1) is 19.2. The Balaban J connectivity index is 1.45. The summed E-state index contributed by atoms with van der Waals surface area (Å²) in [5.74, 6) is 2.48. The van der Waals surface area contributed by atoms with Crippen molar-refractivity contribution in [3.63, 3.8) is 0 Å². The van der Waals surface area contributed by atoms with Crippen LogP contribution in [0.2, 0.25) is 0 Å². The van der Waals surface area contributed by atoms with Crippen molar-refractivity contribution < 1.29 is 22.4 Å². The molecule has 1 N–H and O–H groups in total. The molecule has 0 fully saturated rings. The van der Waals surface area contributed by atoms with Gasteiger partial charge in [0.05, 0.1) is 22.6 Å². The van der Waals surface area contributed by atoms with Gasteiger partial charge in [0.15, 0.2) is 0 Å². The molecule has 0 aliphatic carbocycles. The minimum Gasteiger partial charge on any atom is -0.426 e. The van der Waals surface area contributed by atoms with Gasteiger partial charge in [-0.25, -0.2) is 4.68 Å². The normalized spacial score (nSPS) is 11.3. The van der Waals surface area contributed by atoms with E-state index in [1.54, 1.807) is 23.7 Å². The number of carbonyl (C=O) groups excluding carboxylic acids is 1. The second kappa shape index (κ2) is 10.9. The molecule has 7 nitrogen and oxygen atoms in total. The molecule has 1 amide bonds. The number of anilines is 1. The van der Waals surface area contributed by atoms with E-state index in [2.05, 4.69) is 15.5 Å². The smallest absolute Gasteiger partial charge is 0.416 e. The molecule has 0 aliphatic heterocycles. The fraction of sp³-hybridized carbons (Fsp3) is 0.133. The third-order valence-electron chi connectivity index (χ3n) is 6.15. The summed E-state index contributed by atoms with van der Waals surface area (Å²) in [5.41, 5.74) is 4.52. The zero-order valence-electron chi connectivity index (χ0n) is 21.2. The Morgan fingerprint density at radius 1 is 0.925 bits per heavy atom. The van der Waals surface area contributed by atoms with E-state index in [9.17, 15) is 18.0 Å². The lowest BCUT2D eigenvalue weighted by Gasteiger charge is -2.10. The average molecular weight is 542 g/mol. The number of nitrogens with zero attached hydrogens (tertiary/aromatic N) is 4. The maximum Gasteiger partial charge on any atom is 0.416 e. The number of aryl methyl sites for hydroxylation is 3. The van der Waals surface area contributed by atoms with Crippen LogP contribution in [0.3, 0.4) is 0 Å². The van der Waals surface area contributed by atoms with Gasteiger partial charge in [-0.3, -0.25) is 4.79 Å². The van der Waals surface area contributed by atoms with Gasteiger partial charge < -0.3 is 9.73 Å². The molecule has 2 heterocycles. The summed E-state index contributed by atoms with van der Waals surface area (Å²) < 4.78 is 46.1. The number of alkyl halides is 3. The summed E-state index contributed by atoms with van der Waals surface area (Å²) in [6, 6.07) is 21.6. The Bertz CT molecular complexity index is 1680. The number of rotatable bonds is 7. The fourth-order valence-electron chi connectivity index (χ4n) is 4.17. The number of nitrogens with one attached hydrogen (secondary N) is 1. The van der Waals surface area contributed by atoms with Gasteiger partial charge >= 0.3 is 6.18 Å². The number of hydrogen-bond donors (Lipinski definition) is 1. The van der Waals surface area contributed by atoms with Crippen LogP contribution in [0.15, 0.2) is 83.3 Å². The molecule has 2 aromatic heterocycles. The van der Waals surface area contributed by atoms with E-state index in [1.165, 1.54) is 12.1 Å². The molecular weight excluding hydrogens is 519 g/mol. The first-order valence-electron chi connectivity index (χ1n) is 12.2. The van der Waals surface area contributed by atoms with E-state index in [-0.39, 0.29) is 0 Å². The van der Waals surface area contributed by atoms with Crippen LogP contribution in [0.5, 0.6) is 0 Å². The molecule has 0 bridgehead atoms. The van der Waals surface area contributed by atoms with Crippen LogP contribution in [0, 0.1) is 19.3 Å². The van der Waals surface area contributed by atoms with Crippen LogP contribution in [-0.2, 0) is 23.8 Å². The second-order valence-electron chi connectivity index (χ2n) is 8.95. The molecule has 40 heavy (non-hydrogen) atoms. The Labute approximate surface area is 227 Å². The van der Waals surface area contributed by atoms with Crippen LogP contribution in [0.4, 0.5) is 18.9 Å². The monoisotopic (exact) mass is 541 g/mol. The van der Waals surface area contributed by atoms with E-state index in [4.69, 9.17) is 15.9 Å². The van der Waals surface area contributed by atoms with Gasteiger partial charge in [0.1, 0.15) is 0 Å². The Hall–Kier alpha value is -5.17. The van der Waals surface area contributed by atoms with Crippen molar-refractivity contribution in [1.82, 2.24) is 20.0 Å². The maximum absolute atomic E-state index is 12.9. The predicted octanol–water partition coefficient (Wildman–Crippen LogP) is 6.27. The van der Waals surface area contributed by atoms with Crippen molar-refractivity contribution in [2.45, 2.75) is 25.9 Å². The summed E-state index contributed by atoms with van der Waals surface area (Å²) in [6.45, 7) is 1.73. The summed E-state index contributed by atoms with van der Waals surface area (Å²) >= 11 is 0. The van der Waals surface area contributed by atoms with Gasteiger partial charge in [-0.1, -0.05) is 36.4 Å². The maximum atomic E-state index is 12.9. The molecule has 0 aliphatic rings. The van der Waals surface area contributed by atoms with Gasteiger partial charge in [0.2, 0.25) is 11.8 Å². The summed E-state index contributed by atoms with van der Waals surface area (Å²) in [5, 5.41) is 15.3. The highest BCUT2D eigenvalue weighted by Gasteiger charge is 2.30. The largest absolute Gasteiger partial charge is 0.426 e. The molecule has 0 spiro atoms. The van der Waals surface area contributed by atoms with Gasteiger partial charge in [-0.15, -0.1) is 16.6 Å². The Morgan fingerprint density at radius 2 is 1.55 bits per heavy atom. The van der Waals surface area contributed by atoms with E-state index in [1.807, 2.05) is 48.4 Å². The Kier molecular flexibility index (Phi) is 7.21. The second-order valence-corrected chi connectivity index (χ2v) is 8.95.